The number of nitrogens with one attached hydrogen (secondary N) is 1. The van der Waals surface area contributed by atoms with Crippen LogP contribution in [0.15, 0.2) is 0 Å². The van der Waals surface area contributed by atoms with Crippen molar-refractivity contribution in [1.82, 2.24) is 10.2 Å². The highest BCUT2D eigenvalue weighted by molar-refractivity contribution is 8.09. The lowest BCUT2D eigenvalue weighted by Crippen LogP contribution is -2.47. The molecule has 102 valence electrons. The van der Waals surface area contributed by atoms with E-state index >= 15 is 0 Å². The standard InChI is InChI=1S/C12H20N2O3S/c1-8(2)12(13-11(16)17-3)9(18-12)10(15)14-6-4-5-7-14/h8-9H,4-7H2,1-3H3,(H,13,16)/t9?,12-/m0/s1. The zero-order valence-electron chi connectivity index (χ0n) is 11.1. The Morgan fingerprint density at radius 1 is 1.39 bits per heavy atom. The molecule has 5 nitrogen and oxygen atoms in total. The first-order chi connectivity index (χ1) is 8.51. The number of hydrogen-bond acceptors (Lipinski definition) is 4. The van der Waals surface area contributed by atoms with Gasteiger partial charge in [0, 0.05) is 13.1 Å². The van der Waals surface area contributed by atoms with Crippen LogP contribution in [0, 0.1) is 5.92 Å². The van der Waals surface area contributed by atoms with Crippen LogP contribution in [0.1, 0.15) is 26.7 Å². The van der Waals surface area contributed by atoms with Crippen molar-refractivity contribution < 1.29 is 14.3 Å². The summed E-state index contributed by atoms with van der Waals surface area (Å²) >= 11 is 1.53. The highest BCUT2D eigenvalue weighted by Gasteiger charge is 2.63. The van der Waals surface area contributed by atoms with Gasteiger partial charge < -0.3 is 15.0 Å². The third kappa shape index (κ3) is 2.30. The highest BCUT2D eigenvalue weighted by atomic mass is 32.2. The van der Waals surface area contributed by atoms with Gasteiger partial charge in [-0.15, -0.1) is 11.8 Å². The maximum Gasteiger partial charge on any atom is 0.408 e. The maximum atomic E-state index is 12.3. The van der Waals surface area contributed by atoms with Crippen LogP contribution in [-0.4, -0.2) is 47.2 Å². The Hall–Kier alpha value is -0.910. The van der Waals surface area contributed by atoms with Gasteiger partial charge in [-0.2, -0.15) is 0 Å². The van der Waals surface area contributed by atoms with Crippen molar-refractivity contribution in [2.75, 3.05) is 20.2 Å². The fourth-order valence-electron chi connectivity index (χ4n) is 2.39. The van der Waals surface area contributed by atoms with E-state index in [2.05, 4.69) is 10.1 Å². The Morgan fingerprint density at radius 3 is 2.50 bits per heavy atom. The van der Waals surface area contributed by atoms with Crippen LogP contribution in [0.2, 0.25) is 0 Å². The highest BCUT2D eigenvalue weighted by Crippen LogP contribution is 2.57. The second kappa shape index (κ2) is 4.99. The third-order valence-electron chi connectivity index (χ3n) is 3.63. The molecule has 6 heteroatoms. The molecule has 2 aliphatic heterocycles. The number of carbonyl (C=O) groups is 2. The summed E-state index contributed by atoms with van der Waals surface area (Å²) in [5.41, 5.74) is 0. The summed E-state index contributed by atoms with van der Waals surface area (Å²) < 4.78 is 4.64. The molecule has 0 bridgehead atoms. The molecule has 0 aromatic carbocycles. The first-order valence-corrected chi connectivity index (χ1v) is 7.22. The summed E-state index contributed by atoms with van der Waals surface area (Å²) in [6, 6.07) is 0. The molecule has 2 atom stereocenters. The van der Waals surface area contributed by atoms with E-state index in [1.54, 1.807) is 0 Å². The van der Waals surface area contributed by atoms with Crippen LogP contribution in [0.5, 0.6) is 0 Å². The molecule has 0 aliphatic carbocycles. The molecule has 2 rings (SSSR count). The zero-order valence-corrected chi connectivity index (χ0v) is 11.9. The summed E-state index contributed by atoms with van der Waals surface area (Å²) in [7, 11) is 1.34. The monoisotopic (exact) mass is 272 g/mol. The van der Waals surface area contributed by atoms with E-state index in [0.717, 1.165) is 25.9 Å². The molecule has 2 amide bonds. The number of ether oxygens (including phenoxy) is 1. The van der Waals surface area contributed by atoms with Crippen molar-refractivity contribution in [3.05, 3.63) is 0 Å². The van der Waals surface area contributed by atoms with Gasteiger partial charge in [0.05, 0.1) is 7.11 Å². The van der Waals surface area contributed by atoms with Gasteiger partial charge in [0.15, 0.2) is 0 Å². The van der Waals surface area contributed by atoms with Crippen LogP contribution in [0.4, 0.5) is 4.79 Å². The molecule has 18 heavy (non-hydrogen) atoms. The molecule has 0 radical (unpaired) electrons. The van der Waals surface area contributed by atoms with Crippen LogP contribution >= 0.6 is 11.8 Å². The molecule has 0 spiro atoms. The molecule has 1 unspecified atom stereocenters. The van der Waals surface area contributed by atoms with Crippen molar-refractivity contribution >= 4 is 23.8 Å². The first-order valence-electron chi connectivity index (χ1n) is 6.34. The average Bonchev–Trinajstić information content (AvgIpc) is 2.83. The number of nitrogens with zero attached hydrogens (tertiary/aromatic N) is 1. The number of rotatable bonds is 3. The molecule has 0 aromatic heterocycles. The van der Waals surface area contributed by atoms with Gasteiger partial charge in [-0.3, -0.25) is 4.79 Å². The van der Waals surface area contributed by atoms with Gasteiger partial charge in [-0.25, -0.2) is 4.79 Å². The predicted molar refractivity (Wildman–Crippen MR) is 70.3 cm³/mol. The number of hydrogen-bond donors (Lipinski definition) is 1. The third-order valence-corrected chi connectivity index (χ3v) is 5.38. The minimum Gasteiger partial charge on any atom is -0.453 e. The van der Waals surface area contributed by atoms with Gasteiger partial charge >= 0.3 is 6.09 Å². The van der Waals surface area contributed by atoms with Gasteiger partial charge in [0.1, 0.15) is 10.1 Å². The normalized spacial score (nSPS) is 30.4. The number of methoxy groups -OCH3 is 1. The van der Waals surface area contributed by atoms with Crippen molar-refractivity contribution in [2.24, 2.45) is 5.92 Å². The van der Waals surface area contributed by atoms with Crippen LogP contribution in [0.3, 0.4) is 0 Å². The molecule has 0 saturated carbocycles. The molecule has 2 saturated heterocycles. The van der Waals surface area contributed by atoms with Crippen molar-refractivity contribution in [2.45, 2.75) is 36.8 Å². The molecule has 2 fully saturated rings. The minimum atomic E-state index is -0.479. The van der Waals surface area contributed by atoms with Gasteiger partial charge in [-0.05, 0) is 18.8 Å². The zero-order chi connectivity index (χ0) is 13.3. The number of thioether (sulfide) groups is 1. The minimum absolute atomic E-state index is 0.155. The Bertz CT molecular complexity index is 355. The van der Waals surface area contributed by atoms with E-state index in [1.807, 2.05) is 18.7 Å². The molecular formula is C12H20N2O3S. The lowest BCUT2D eigenvalue weighted by atomic mass is 10.0. The fraction of sp³-hybridized carbons (Fsp3) is 0.833. The van der Waals surface area contributed by atoms with E-state index in [9.17, 15) is 9.59 Å². The second-order valence-electron chi connectivity index (χ2n) is 5.09. The van der Waals surface area contributed by atoms with E-state index < -0.39 is 11.0 Å². The van der Waals surface area contributed by atoms with Crippen molar-refractivity contribution in [3.8, 4) is 0 Å². The van der Waals surface area contributed by atoms with Crippen LogP contribution in [0.25, 0.3) is 0 Å². The fourth-order valence-corrected chi connectivity index (χ4v) is 3.81. The molecule has 0 aromatic rings. The summed E-state index contributed by atoms with van der Waals surface area (Å²) in [6.07, 6.45) is 1.71. The van der Waals surface area contributed by atoms with Crippen LogP contribution in [-0.2, 0) is 9.53 Å². The first kappa shape index (κ1) is 13.5. The molecule has 2 aliphatic rings. The van der Waals surface area contributed by atoms with Crippen molar-refractivity contribution in [1.29, 1.82) is 0 Å². The average molecular weight is 272 g/mol. The molecule has 2 heterocycles. The Balaban J connectivity index is 2.02. The quantitative estimate of drug-likeness (QED) is 0.790. The van der Waals surface area contributed by atoms with Gasteiger partial charge in [0.25, 0.3) is 0 Å². The molecular weight excluding hydrogens is 252 g/mol. The summed E-state index contributed by atoms with van der Waals surface area (Å²) in [5.74, 6) is 0.348. The SMILES string of the molecule is COC(=O)N[C@@]1(C(C)C)SC1C(=O)N1CCCC1. The smallest absolute Gasteiger partial charge is 0.408 e. The number of likely N-dealkylation sites (tertiary alicyclic amines) is 1. The summed E-state index contributed by atoms with van der Waals surface area (Å²) in [5, 5.41) is 2.67. The largest absolute Gasteiger partial charge is 0.453 e. The van der Waals surface area contributed by atoms with E-state index in [-0.39, 0.29) is 17.1 Å². The van der Waals surface area contributed by atoms with E-state index in [1.165, 1.54) is 18.9 Å². The van der Waals surface area contributed by atoms with Gasteiger partial charge in [-0.1, -0.05) is 13.8 Å². The van der Waals surface area contributed by atoms with Crippen molar-refractivity contribution in [3.63, 3.8) is 0 Å². The van der Waals surface area contributed by atoms with Crippen LogP contribution < -0.4 is 5.32 Å². The van der Waals surface area contributed by atoms with E-state index in [4.69, 9.17) is 0 Å². The predicted octanol–water partition coefficient (Wildman–Crippen LogP) is 1.43. The lowest BCUT2D eigenvalue weighted by molar-refractivity contribution is -0.129. The van der Waals surface area contributed by atoms with Gasteiger partial charge in [0.2, 0.25) is 5.91 Å². The summed E-state index contributed by atoms with van der Waals surface area (Å²) in [6.45, 7) is 5.73. The number of amides is 2. The Labute approximate surface area is 112 Å². The summed E-state index contributed by atoms with van der Waals surface area (Å²) in [4.78, 5) is 25.1. The second-order valence-corrected chi connectivity index (χ2v) is 6.48. The topological polar surface area (TPSA) is 58.6 Å². The molecule has 1 N–H and O–H groups in total. The van der Waals surface area contributed by atoms with E-state index in [0.29, 0.717) is 0 Å². The number of alkyl carbamates (subject to hydrolysis) is 1. The number of carbonyl (C=O) groups excluding carboxylic acids is 2. The maximum absolute atomic E-state index is 12.3. The Morgan fingerprint density at radius 2 is 2.00 bits per heavy atom. The lowest BCUT2D eigenvalue weighted by Gasteiger charge is -2.22. The Kier molecular flexibility index (Phi) is 3.75.